The molecule has 0 spiro atoms. The fourth-order valence-corrected chi connectivity index (χ4v) is 2.56. The third-order valence-corrected chi connectivity index (χ3v) is 3.38. The summed E-state index contributed by atoms with van der Waals surface area (Å²) in [7, 11) is 0. The molecule has 0 amide bonds. The standard InChI is InChI=1S/C15H24N2O/c1-11(2)18-14-9-7-13(8-10-14)17-15-6-4-5-12(3)16-15/h4-6,11,13-14H,7-10H2,1-3H3,(H,16,17). The van der Waals surface area contributed by atoms with Crippen molar-refractivity contribution in [3.8, 4) is 0 Å². The zero-order valence-electron chi connectivity index (χ0n) is 11.6. The second-order valence-electron chi connectivity index (χ2n) is 5.47. The topological polar surface area (TPSA) is 34.1 Å². The Balaban J connectivity index is 1.80. The first-order valence-corrected chi connectivity index (χ1v) is 6.99. The lowest BCUT2D eigenvalue weighted by atomic mass is 9.93. The van der Waals surface area contributed by atoms with E-state index in [-0.39, 0.29) is 0 Å². The fourth-order valence-electron chi connectivity index (χ4n) is 2.56. The highest BCUT2D eigenvalue weighted by Gasteiger charge is 2.22. The van der Waals surface area contributed by atoms with Gasteiger partial charge in [0, 0.05) is 11.7 Å². The van der Waals surface area contributed by atoms with Crippen molar-refractivity contribution in [2.24, 2.45) is 0 Å². The summed E-state index contributed by atoms with van der Waals surface area (Å²) in [5, 5.41) is 3.53. The molecule has 3 nitrogen and oxygen atoms in total. The predicted molar refractivity (Wildman–Crippen MR) is 74.9 cm³/mol. The molecule has 0 bridgehead atoms. The molecule has 0 aromatic carbocycles. The van der Waals surface area contributed by atoms with E-state index in [1.54, 1.807) is 0 Å². The molecular weight excluding hydrogens is 224 g/mol. The van der Waals surface area contributed by atoms with Crippen molar-refractivity contribution in [1.29, 1.82) is 0 Å². The predicted octanol–water partition coefficient (Wildman–Crippen LogP) is 3.54. The molecule has 1 aliphatic rings. The van der Waals surface area contributed by atoms with E-state index in [2.05, 4.69) is 30.2 Å². The Labute approximate surface area is 110 Å². The van der Waals surface area contributed by atoms with Gasteiger partial charge in [0.2, 0.25) is 0 Å². The molecule has 0 atom stereocenters. The minimum atomic E-state index is 0.345. The smallest absolute Gasteiger partial charge is 0.126 e. The minimum absolute atomic E-state index is 0.345. The summed E-state index contributed by atoms with van der Waals surface area (Å²) in [6, 6.07) is 6.67. The molecule has 100 valence electrons. The van der Waals surface area contributed by atoms with Crippen LogP contribution in [-0.2, 0) is 4.74 Å². The van der Waals surface area contributed by atoms with Gasteiger partial charge in [-0.2, -0.15) is 0 Å². The number of ether oxygens (including phenoxy) is 1. The van der Waals surface area contributed by atoms with Gasteiger partial charge in [0.1, 0.15) is 5.82 Å². The lowest BCUT2D eigenvalue weighted by Gasteiger charge is -2.30. The van der Waals surface area contributed by atoms with Crippen molar-refractivity contribution in [2.45, 2.75) is 64.7 Å². The van der Waals surface area contributed by atoms with E-state index in [1.807, 2.05) is 19.1 Å². The van der Waals surface area contributed by atoms with Crippen molar-refractivity contribution in [3.05, 3.63) is 23.9 Å². The van der Waals surface area contributed by atoms with Crippen LogP contribution in [0.2, 0.25) is 0 Å². The fraction of sp³-hybridized carbons (Fsp3) is 0.667. The van der Waals surface area contributed by atoms with Crippen LogP contribution >= 0.6 is 0 Å². The summed E-state index contributed by atoms with van der Waals surface area (Å²) < 4.78 is 5.87. The van der Waals surface area contributed by atoms with E-state index in [4.69, 9.17) is 4.74 Å². The normalized spacial score (nSPS) is 24.2. The number of hydrogen-bond donors (Lipinski definition) is 1. The van der Waals surface area contributed by atoms with Crippen LogP contribution in [0.25, 0.3) is 0 Å². The zero-order chi connectivity index (χ0) is 13.0. The number of nitrogens with zero attached hydrogens (tertiary/aromatic N) is 1. The Bertz CT molecular complexity index is 371. The van der Waals surface area contributed by atoms with Crippen molar-refractivity contribution in [2.75, 3.05) is 5.32 Å². The molecule has 3 heteroatoms. The van der Waals surface area contributed by atoms with Crippen LogP contribution in [0.4, 0.5) is 5.82 Å². The van der Waals surface area contributed by atoms with Gasteiger partial charge in [-0.15, -0.1) is 0 Å². The Kier molecular flexibility index (Phi) is 4.59. The minimum Gasteiger partial charge on any atom is -0.376 e. The SMILES string of the molecule is Cc1cccc(NC2CCC(OC(C)C)CC2)n1. The molecule has 0 radical (unpaired) electrons. The second-order valence-corrected chi connectivity index (χ2v) is 5.47. The zero-order valence-corrected chi connectivity index (χ0v) is 11.6. The number of nitrogens with one attached hydrogen (secondary N) is 1. The number of hydrogen-bond acceptors (Lipinski definition) is 3. The largest absolute Gasteiger partial charge is 0.376 e. The van der Waals surface area contributed by atoms with Gasteiger partial charge in [0.05, 0.1) is 12.2 Å². The maximum atomic E-state index is 5.87. The number of rotatable bonds is 4. The van der Waals surface area contributed by atoms with E-state index in [0.29, 0.717) is 18.2 Å². The van der Waals surface area contributed by atoms with Gasteiger partial charge < -0.3 is 10.1 Å². The van der Waals surface area contributed by atoms with E-state index >= 15 is 0 Å². The van der Waals surface area contributed by atoms with Crippen molar-refractivity contribution in [3.63, 3.8) is 0 Å². The highest BCUT2D eigenvalue weighted by Crippen LogP contribution is 2.24. The highest BCUT2D eigenvalue weighted by atomic mass is 16.5. The van der Waals surface area contributed by atoms with Gasteiger partial charge in [-0.05, 0) is 58.6 Å². The molecule has 2 rings (SSSR count). The first-order valence-electron chi connectivity index (χ1n) is 6.99. The van der Waals surface area contributed by atoms with E-state index < -0.39 is 0 Å². The van der Waals surface area contributed by atoms with E-state index in [0.717, 1.165) is 24.4 Å². The first kappa shape index (κ1) is 13.3. The van der Waals surface area contributed by atoms with Gasteiger partial charge in [0.15, 0.2) is 0 Å². The Morgan fingerprint density at radius 2 is 1.94 bits per heavy atom. The summed E-state index contributed by atoms with van der Waals surface area (Å²) in [5.41, 5.74) is 1.07. The molecular formula is C15H24N2O. The van der Waals surface area contributed by atoms with Crippen LogP contribution in [0.15, 0.2) is 18.2 Å². The third kappa shape index (κ3) is 3.98. The second kappa shape index (κ2) is 6.19. The van der Waals surface area contributed by atoms with E-state index in [9.17, 15) is 0 Å². The number of anilines is 1. The maximum Gasteiger partial charge on any atom is 0.126 e. The summed E-state index contributed by atoms with van der Waals surface area (Å²) >= 11 is 0. The van der Waals surface area contributed by atoms with Gasteiger partial charge in [-0.3, -0.25) is 0 Å². The van der Waals surface area contributed by atoms with Crippen molar-refractivity contribution < 1.29 is 4.74 Å². The molecule has 1 aromatic heterocycles. The van der Waals surface area contributed by atoms with Gasteiger partial charge in [0.25, 0.3) is 0 Å². The molecule has 1 aliphatic carbocycles. The van der Waals surface area contributed by atoms with Crippen molar-refractivity contribution >= 4 is 5.82 Å². The monoisotopic (exact) mass is 248 g/mol. The van der Waals surface area contributed by atoms with E-state index in [1.165, 1.54) is 12.8 Å². The molecule has 1 fully saturated rings. The lowest BCUT2D eigenvalue weighted by Crippen LogP contribution is -2.31. The summed E-state index contributed by atoms with van der Waals surface area (Å²) in [4.78, 5) is 4.49. The molecule has 0 saturated heterocycles. The van der Waals surface area contributed by atoms with Crippen LogP contribution in [0.1, 0.15) is 45.2 Å². The van der Waals surface area contributed by atoms with Gasteiger partial charge in [-0.25, -0.2) is 4.98 Å². The van der Waals surface area contributed by atoms with Crippen LogP contribution < -0.4 is 5.32 Å². The van der Waals surface area contributed by atoms with Crippen LogP contribution in [0.3, 0.4) is 0 Å². The molecule has 0 aliphatic heterocycles. The molecule has 18 heavy (non-hydrogen) atoms. The van der Waals surface area contributed by atoms with Crippen molar-refractivity contribution in [1.82, 2.24) is 4.98 Å². The molecule has 0 unspecified atom stereocenters. The molecule has 1 saturated carbocycles. The highest BCUT2D eigenvalue weighted by molar-refractivity contribution is 5.36. The van der Waals surface area contributed by atoms with Crippen LogP contribution in [-0.4, -0.2) is 23.2 Å². The Morgan fingerprint density at radius 3 is 2.56 bits per heavy atom. The summed E-state index contributed by atoms with van der Waals surface area (Å²) in [5.74, 6) is 1.00. The molecule has 1 aromatic rings. The quantitative estimate of drug-likeness (QED) is 0.885. The average molecular weight is 248 g/mol. The summed E-state index contributed by atoms with van der Waals surface area (Å²) in [6.07, 6.45) is 5.45. The lowest BCUT2D eigenvalue weighted by molar-refractivity contribution is -0.0133. The van der Waals surface area contributed by atoms with Gasteiger partial charge in [-0.1, -0.05) is 6.07 Å². The molecule has 1 heterocycles. The van der Waals surface area contributed by atoms with Crippen LogP contribution in [0.5, 0.6) is 0 Å². The number of pyridine rings is 1. The molecule has 1 N–H and O–H groups in total. The Hall–Kier alpha value is -1.09. The summed E-state index contributed by atoms with van der Waals surface area (Å²) in [6.45, 7) is 6.25. The first-order chi connectivity index (χ1) is 8.63. The third-order valence-electron chi connectivity index (χ3n) is 3.38. The Morgan fingerprint density at radius 1 is 1.22 bits per heavy atom. The van der Waals surface area contributed by atoms with Crippen LogP contribution in [0, 0.1) is 6.92 Å². The number of aryl methyl sites for hydroxylation is 1. The number of aromatic nitrogens is 1. The van der Waals surface area contributed by atoms with Gasteiger partial charge >= 0.3 is 0 Å². The average Bonchev–Trinajstić information content (AvgIpc) is 2.31. The maximum absolute atomic E-state index is 5.87.